The number of esters is 2. The normalized spacial score (nSPS) is 19.5. The zero-order chi connectivity index (χ0) is 43.4. The lowest BCUT2D eigenvalue weighted by atomic mass is 9.96. The molecule has 59 heavy (non-hydrogen) atoms. The minimum Gasteiger partial charge on any atom is -0.457 e. The standard InChI is InChI=1S/C46H88NO11P/c1-4-7-10-13-16-19-21-24-27-30-33-36-41(50)56-45-43(47-40(49)35-32-29-26-23-18-15-12-9-6-3)46(55-39(38-48)44(45)58-59(52,53)54)57-42(51)37-34-31-28-25-22-20-17-14-11-8-5-2/h39,43-46,48H,4-38H2,1-3H3,(H,47,49)(H2,52,53,54)/t39-,43-,44-,45-,46+/m1/s1. The number of aliphatic hydroxyl groups excluding tert-OH is 1. The molecular weight excluding hydrogens is 773 g/mol. The molecule has 12 nitrogen and oxygen atoms in total. The van der Waals surface area contributed by atoms with Gasteiger partial charge in [0.25, 0.3) is 0 Å². The van der Waals surface area contributed by atoms with E-state index in [1.54, 1.807) is 0 Å². The maximum atomic E-state index is 13.4. The van der Waals surface area contributed by atoms with Crippen LogP contribution in [0.15, 0.2) is 0 Å². The summed E-state index contributed by atoms with van der Waals surface area (Å²) in [5.74, 6) is -1.63. The van der Waals surface area contributed by atoms with Gasteiger partial charge in [0.1, 0.15) is 18.2 Å². The molecule has 4 N–H and O–H groups in total. The molecule has 1 saturated heterocycles. The lowest BCUT2D eigenvalue weighted by molar-refractivity contribution is -0.264. The minimum absolute atomic E-state index is 0.0449. The SMILES string of the molecule is CCCCCCCCCCCCCC(=O)O[C@@H]1O[C@H](CO)[C@@H](OP(=O)(O)O)[C@H](OC(=O)CCCCCCCCCCCCC)[C@H]1NC(=O)CCCCCCCCCCC. The van der Waals surface area contributed by atoms with E-state index in [1.807, 2.05) is 0 Å². The predicted molar refractivity (Wildman–Crippen MR) is 235 cm³/mol. The Bertz CT molecular complexity index is 1090. The fourth-order valence-corrected chi connectivity index (χ4v) is 8.42. The molecule has 0 saturated carbocycles. The molecule has 1 heterocycles. The number of hydrogen-bond acceptors (Lipinski definition) is 9. The average molecular weight is 862 g/mol. The van der Waals surface area contributed by atoms with Crippen LogP contribution in [-0.4, -0.2) is 70.0 Å². The van der Waals surface area contributed by atoms with Gasteiger partial charge in [-0.2, -0.15) is 0 Å². The first kappa shape index (κ1) is 55.5. The van der Waals surface area contributed by atoms with Crippen LogP contribution in [0.3, 0.4) is 0 Å². The first-order valence-electron chi connectivity index (χ1n) is 24.2. The highest BCUT2D eigenvalue weighted by Crippen LogP contribution is 2.42. The number of unbranched alkanes of at least 4 members (excludes halogenated alkanes) is 28. The molecule has 1 aliphatic heterocycles. The molecule has 348 valence electrons. The molecule has 0 aliphatic carbocycles. The largest absolute Gasteiger partial charge is 0.470 e. The zero-order valence-electron chi connectivity index (χ0n) is 37.7. The summed E-state index contributed by atoms with van der Waals surface area (Å²) in [5, 5.41) is 13.1. The topological polar surface area (TPSA) is 178 Å². The Labute approximate surface area is 359 Å². The van der Waals surface area contributed by atoms with Gasteiger partial charge >= 0.3 is 19.8 Å². The smallest absolute Gasteiger partial charge is 0.457 e. The van der Waals surface area contributed by atoms with Crippen molar-refractivity contribution >= 4 is 25.7 Å². The van der Waals surface area contributed by atoms with Crippen LogP contribution in [0, 0.1) is 0 Å². The molecule has 0 radical (unpaired) electrons. The van der Waals surface area contributed by atoms with E-state index >= 15 is 0 Å². The van der Waals surface area contributed by atoms with Gasteiger partial charge in [-0.05, 0) is 19.3 Å². The third-order valence-electron chi connectivity index (χ3n) is 11.4. The maximum absolute atomic E-state index is 13.4. The summed E-state index contributed by atoms with van der Waals surface area (Å²) in [6.45, 7) is 5.85. The monoisotopic (exact) mass is 862 g/mol. The number of hydrogen-bond donors (Lipinski definition) is 4. The van der Waals surface area contributed by atoms with Crippen molar-refractivity contribution in [1.29, 1.82) is 0 Å². The summed E-state index contributed by atoms with van der Waals surface area (Å²) in [7, 11) is -5.20. The van der Waals surface area contributed by atoms with Gasteiger partial charge in [0, 0.05) is 19.3 Å². The molecule has 0 aromatic rings. The van der Waals surface area contributed by atoms with Crippen molar-refractivity contribution in [2.75, 3.05) is 6.61 Å². The number of nitrogens with one attached hydrogen (secondary N) is 1. The van der Waals surface area contributed by atoms with Gasteiger partial charge in [0.15, 0.2) is 6.10 Å². The highest BCUT2D eigenvalue weighted by atomic mass is 31.2. The molecule has 0 aromatic carbocycles. The van der Waals surface area contributed by atoms with Crippen molar-refractivity contribution in [2.24, 2.45) is 0 Å². The molecule has 0 spiro atoms. The second-order valence-corrected chi connectivity index (χ2v) is 18.2. The summed E-state index contributed by atoms with van der Waals surface area (Å²) in [6, 6.07) is -1.33. The molecule has 1 amide bonds. The maximum Gasteiger partial charge on any atom is 0.470 e. The van der Waals surface area contributed by atoms with Gasteiger partial charge in [0.05, 0.1) is 6.61 Å². The van der Waals surface area contributed by atoms with Crippen molar-refractivity contribution in [3.05, 3.63) is 0 Å². The summed E-state index contributed by atoms with van der Waals surface area (Å²) in [5.41, 5.74) is 0. The van der Waals surface area contributed by atoms with Crippen LogP contribution in [-0.2, 0) is 37.7 Å². The third-order valence-corrected chi connectivity index (χ3v) is 11.9. The van der Waals surface area contributed by atoms with E-state index in [9.17, 15) is 33.8 Å². The van der Waals surface area contributed by atoms with Crippen LogP contribution in [0.5, 0.6) is 0 Å². The number of aliphatic hydroxyl groups is 1. The van der Waals surface area contributed by atoms with E-state index in [0.29, 0.717) is 19.3 Å². The van der Waals surface area contributed by atoms with Crippen LogP contribution in [0.4, 0.5) is 0 Å². The van der Waals surface area contributed by atoms with Gasteiger partial charge in [-0.1, -0.05) is 201 Å². The first-order chi connectivity index (χ1) is 28.6. The number of phosphoric ester groups is 1. The Kier molecular flexibility index (Phi) is 34.8. The number of ether oxygens (including phenoxy) is 3. The summed E-state index contributed by atoms with van der Waals surface area (Å²) in [4.78, 5) is 59.6. The van der Waals surface area contributed by atoms with Crippen LogP contribution in [0.25, 0.3) is 0 Å². The van der Waals surface area contributed by atoms with Crippen LogP contribution in [0.2, 0.25) is 0 Å². The van der Waals surface area contributed by atoms with E-state index in [1.165, 1.54) is 109 Å². The number of rotatable bonds is 40. The van der Waals surface area contributed by atoms with Crippen LogP contribution < -0.4 is 5.32 Å². The fourth-order valence-electron chi connectivity index (χ4n) is 7.85. The number of carbonyl (C=O) groups excluding carboxylic acids is 3. The third kappa shape index (κ3) is 30.2. The van der Waals surface area contributed by atoms with E-state index in [2.05, 4.69) is 26.1 Å². The predicted octanol–water partition coefficient (Wildman–Crippen LogP) is 11.4. The Morgan fingerprint density at radius 1 is 0.508 bits per heavy atom. The minimum atomic E-state index is -5.20. The quantitative estimate of drug-likeness (QED) is 0.0262. The van der Waals surface area contributed by atoms with E-state index < -0.39 is 62.9 Å². The number of carbonyl (C=O) groups is 3. The first-order valence-corrected chi connectivity index (χ1v) is 25.8. The van der Waals surface area contributed by atoms with Gasteiger partial charge in [-0.15, -0.1) is 0 Å². The van der Waals surface area contributed by atoms with Crippen molar-refractivity contribution < 1.29 is 52.6 Å². The highest BCUT2D eigenvalue weighted by Gasteiger charge is 2.52. The molecule has 0 aromatic heterocycles. The summed E-state index contributed by atoms with van der Waals surface area (Å²) in [6.07, 6.45) is 28.3. The van der Waals surface area contributed by atoms with Gasteiger partial charge < -0.3 is 34.4 Å². The Balaban J connectivity index is 2.93. The molecular formula is C46H88NO11P. The summed E-state index contributed by atoms with van der Waals surface area (Å²) < 4.78 is 34.8. The second-order valence-electron chi connectivity index (χ2n) is 17.0. The van der Waals surface area contributed by atoms with Crippen molar-refractivity contribution in [2.45, 2.75) is 270 Å². The van der Waals surface area contributed by atoms with Gasteiger partial charge in [-0.25, -0.2) is 4.57 Å². The molecule has 1 fully saturated rings. The van der Waals surface area contributed by atoms with E-state index in [0.717, 1.165) is 70.6 Å². The zero-order valence-corrected chi connectivity index (χ0v) is 38.6. The molecule has 1 aliphatic rings. The fraction of sp³-hybridized carbons (Fsp3) is 0.935. The summed E-state index contributed by atoms with van der Waals surface area (Å²) >= 11 is 0. The number of amides is 1. The Morgan fingerprint density at radius 2 is 0.847 bits per heavy atom. The van der Waals surface area contributed by atoms with Crippen molar-refractivity contribution in [1.82, 2.24) is 5.32 Å². The lowest BCUT2D eigenvalue weighted by Crippen LogP contribution is -2.66. The van der Waals surface area contributed by atoms with E-state index in [4.69, 9.17) is 18.7 Å². The lowest BCUT2D eigenvalue weighted by Gasteiger charge is -2.44. The molecule has 0 unspecified atom stereocenters. The Morgan fingerprint density at radius 3 is 1.20 bits per heavy atom. The Hall–Kier alpha value is -1.56. The molecule has 13 heteroatoms. The van der Waals surface area contributed by atoms with Crippen molar-refractivity contribution in [3.63, 3.8) is 0 Å². The van der Waals surface area contributed by atoms with Crippen LogP contribution in [0.1, 0.15) is 239 Å². The van der Waals surface area contributed by atoms with E-state index in [-0.39, 0.29) is 19.3 Å². The molecule has 5 atom stereocenters. The number of phosphoric acid groups is 1. The molecule has 0 bridgehead atoms. The van der Waals surface area contributed by atoms with Gasteiger partial charge in [-0.3, -0.25) is 18.9 Å². The van der Waals surface area contributed by atoms with Crippen LogP contribution >= 0.6 is 7.82 Å². The van der Waals surface area contributed by atoms with Crippen molar-refractivity contribution in [3.8, 4) is 0 Å². The van der Waals surface area contributed by atoms with Gasteiger partial charge in [0.2, 0.25) is 12.2 Å². The average Bonchev–Trinajstić information content (AvgIpc) is 3.19. The second kappa shape index (κ2) is 37.0. The molecule has 1 rings (SSSR count). The highest BCUT2D eigenvalue weighted by molar-refractivity contribution is 7.46.